The molecule has 4 heteroatoms. The quantitative estimate of drug-likeness (QED) is 0.380. The summed E-state index contributed by atoms with van der Waals surface area (Å²) in [6, 6.07) is 23.6. The summed E-state index contributed by atoms with van der Waals surface area (Å²) in [4.78, 5) is 0. The summed E-state index contributed by atoms with van der Waals surface area (Å²) in [5.41, 5.74) is 9.00. The van der Waals surface area contributed by atoms with Crippen molar-refractivity contribution in [3.05, 3.63) is 83.9 Å². The molecule has 0 saturated carbocycles. The standard InChI is InChI=1S/C27H22O4/c1-30-25-14-17(7-11-23(25)28)20-9-10-21-19-6-4-3-5-16(19)13-22(21)27(20)18-8-12-24(29)26(15-18)31-2/h3-12,14-15,28-29H,13H2,1-2H3. The summed E-state index contributed by atoms with van der Waals surface area (Å²) in [5.74, 6) is 1.07. The average Bonchev–Trinajstić information content (AvgIpc) is 3.18. The minimum Gasteiger partial charge on any atom is -0.504 e. The lowest BCUT2D eigenvalue weighted by Gasteiger charge is -2.17. The first kappa shape index (κ1) is 19.1. The number of phenolic OH excluding ortho intramolecular Hbond substituents is 2. The molecule has 0 bridgehead atoms. The van der Waals surface area contributed by atoms with Gasteiger partial charge in [0.05, 0.1) is 14.2 Å². The van der Waals surface area contributed by atoms with E-state index in [0.29, 0.717) is 11.5 Å². The minimum absolute atomic E-state index is 0.104. The molecule has 0 spiro atoms. The van der Waals surface area contributed by atoms with Gasteiger partial charge in [-0.15, -0.1) is 0 Å². The first-order chi connectivity index (χ1) is 15.1. The summed E-state index contributed by atoms with van der Waals surface area (Å²) in [6.45, 7) is 0. The molecule has 5 rings (SSSR count). The summed E-state index contributed by atoms with van der Waals surface area (Å²) >= 11 is 0. The molecule has 0 radical (unpaired) electrons. The van der Waals surface area contributed by atoms with Gasteiger partial charge in [-0.2, -0.15) is 0 Å². The molecule has 0 unspecified atom stereocenters. The number of rotatable bonds is 4. The molecule has 0 atom stereocenters. The lowest BCUT2D eigenvalue weighted by molar-refractivity contribution is 0.373. The number of hydrogen-bond acceptors (Lipinski definition) is 4. The van der Waals surface area contributed by atoms with Crippen LogP contribution in [-0.2, 0) is 6.42 Å². The highest BCUT2D eigenvalue weighted by atomic mass is 16.5. The van der Waals surface area contributed by atoms with E-state index < -0.39 is 0 Å². The highest BCUT2D eigenvalue weighted by molar-refractivity contribution is 5.94. The molecule has 2 N–H and O–H groups in total. The Bertz CT molecular complexity index is 1310. The smallest absolute Gasteiger partial charge is 0.161 e. The van der Waals surface area contributed by atoms with Gasteiger partial charge in [0.1, 0.15) is 0 Å². The maximum atomic E-state index is 10.1. The summed E-state index contributed by atoms with van der Waals surface area (Å²) in [7, 11) is 3.10. The molecule has 154 valence electrons. The number of methoxy groups -OCH3 is 2. The van der Waals surface area contributed by atoms with Crippen LogP contribution in [0.2, 0.25) is 0 Å². The van der Waals surface area contributed by atoms with Crippen LogP contribution in [0.15, 0.2) is 72.8 Å². The first-order valence-electron chi connectivity index (χ1n) is 10.1. The first-order valence-corrected chi connectivity index (χ1v) is 10.1. The van der Waals surface area contributed by atoms with E-state index >= 15 is 0 Å². The van der Waals surface area contributed by atoms with Crippen molar-refractivity contribution in [1.82, 2.24) is 0 Å². The molecule has 4 aromatic carbocycles. The van der Waals surface area contributed by atoms with Crippen LogP contribution in [0, 0.1) is 0 Å². The Labute approximate surface area is 181 Å². The van der Waals surface area contributed by atoms with Crippen LogP contribution in [-0.4, -0.2) is 24.4 Å². The van der Waals surface area contributed by atoms with Crippen molar-refractivity contribution in [2.75, 3.05) is 14.2 Å². The fraction of sp³-hybridized carbons (Fsp3) is 0.111. The minimum atomic E-state index is 0.104. The Kier molecular flexibility index (Phi) is 4.55. The fourth-order valence-electron chi connectivity index (χ4n) is 4.46. The SMILES string of the molecule is COc1cc(-c2ccc3c(c2-c2ccc(O)c(OC)c2)Cc2ccccc2-3)ccc1O. The molecule has 1 aliphatic rings. The predicted octanol–water partition coefficient (Wildman–Crippen LogP) is 6.02. The fourth-order valence-corrected chi connectivity index (χ4v) is 4.46. The number of hydrogen-bond donors (Lipinski definition) is 2. The van der Waals surface area contributed by atoms with Crippen LogP contribution in [0.1, 0.15) is 11.1 Å². The number of phenols is 2. The number of fused-ring (bicyclic) bond motifs is 3. The third-order valence-electron chi connectivity index (χ3n) is 5.95. The van der Waals surface area contributed by atoms with Crippen molar-refractivity contribution in [2.24, 2.45) is 0 Å². The Morgan fingerprint density at radius 3 is 1.97 bits per heavy atom. The molecule has 31 heavy (non-hydrogen) atoms. The van der Waals surface area contributed by atoms with Crippen LogP contribution < -0.4 is 9.47 Å². The lowest BCUT2D eigenvalue weighted by atomic mass is 9.87. The molecule has 4 aromatic rings. The normalized spacial score (nSPS) is 11.7. The maximum Gasteiger partial charge on any atom is 0.161 e. The number of benzene rings is 4. The van der Waals surface area contributed by atoms with Gasteiger partial charge in [-0.1, -0.05) is 48.5 Å². The van der Waals surface area contributed by atoms with Gasteiger partial charge in [-0.25, -0.2) is 0 Å². The zero-order chi connectivity index (χ0) is 21.5. The van der Waals surface area contributed by atoms with Gasteiger partial charge in [0, 0.05) is 0 Å². The van der Waals surface area contributed by atoms with Crippen molar-refractivity contribution in [3.8, 4) is 56.4 Å². The molecule has 0 aromatic heterocycles. The Morgan fingerprint density at radius 2 is 1.26 bits per heavy atom. The molecule has 0 heterocycles. The van der Waals surface area contributed by atoms with Crippen molar-refractivity contribution < 1.29 is 19.7 Å². The predicted molar refractivity (Wildman–Crippen MR) is 122 cm³/mol. The van der Waals surface area contributed by atoms with Crippen molar-refractivity contribution in [2.45, 2.75) is 6.42 Å². The Hall–Kier alpha value is -3.92. The molecular weight excluding hydrogens is 388 g/mol. The summed E-state index contributed by atoms with van der Waals surface area (Å²) in [5, 5.41) is 20.2. The van der Waals surface area contributed by atoms with E-state index in [1.54, 1.807) is 26.4 Å². The highest BCUT2D eigenvalue weighted by Gasteiger charge is 2.25. The molecule has 1 aliphatic carbocycles. The second-order valence-electron chi connectivity index (χ2n) is 7.62. The molecule has 0 saturated heterocycles. The highest BCUT2D eigenvalue weighted by Crippen LogP contribution is 2.47. The lowest BCUT2D eigenvalue weighted by Crippen LogP contribution is -1.95. The van der Waals surface area contributed by atoms with E-state index in [2.05, 4.69) is 36.4 Å². The third kappa shape index (κ3) is 3.08. The van der Waals surface area contributed by atoms with E-state index in [0.717, 1.165) is 28.7 Å². The monoisotopic (exact) mass is 410 g/mol. The average molecular weight is 410 g/mol. The van der Waals surface area contributed by atoms with Crippen LogP contribution in [0.5, 0.6) is 23.0 Å². The Morgan fingerprint density at radius 1 is 0.645 bits per heavy atom. The van der Waals surface area contributed by atoms with Crippen molar-refractivity contribution >= 4 is 0 Å². The molecule has 4 nitrogen and oxygen atoms in total. The zero-order valence-corrected chi connectivity index (χ0v) is 17.3. The van der Waals surface area contributed by atoms with Gasteiger partial charge in [0.25, 0.3) is 0 Å². The third-order valence-corrected chi connectivity index (χ3v) is 5.95. The van der Waals surface area contributed by atoms with E-state index in [9.17, 15) is 10.2 Å². The van der Waals surface area contributed by atoms with Gasteiger partial charge < -0.3 is 19.7 Å². The topological polar surface area (TPSA) is 58.9 Å². The van der Waals surface area contributed by atoms with Gasteiger partial charge in [-0.3, -0.25) is 0 Å². The van der Waals surface area contributed by atoms with Crippen molar-refractivity contribution in [1.29, 1.82) is 0 Å². The van der Waals surface area contributed by atoms with E-state index in [-0.39, 0.29) is 11.5 Å². The van der Waals surface area contributed by atoms with Crippen LogP contribution in [0.3, 0.4) is 0 Å². The second-order valence-corrected chi connectivity index (χ2v) is 7.62. The number of ether oxygens (including phenoxy) is 2. The van der Waals surface area contributed by atoms with Crippen LogP contribution >= 0.6 is 0 Å². The summed E-state index contributed by atoms with van der Waals surface area (Å²) in [6.07, 6.45) is 0.826. The van der Waals surface area contributed by atoms with Crippen molar-refractivity contribution in [3.63, 3.8) is 0 Å². The molecular formula is C27H22O4. The van der Waals surface area contributed by atoms with Crippen LogP contribution in [0.4, 0.5) is 0 Å². The Balaban J connectivity index is 1.80. The van der Waals surface area contributed by atoms with E-state index in [1.807, 2.05) is 24.3 Å². The van der Waals surface area contributed by atoms with Crippen LogP contribution in [0.25, 0.3) is 33.4 Å². The van der Waals surface area contributed by atoms with Gasteiger partial charge in [0.15, 0.2) is 23.0 Å². The van der Waals surface area contributed by atoms with E-state index in [1.165, 1.54) is 22.3 Å². The molecule has 0 amide bonds. The second kappa shape index (κ2) is 7.40. The maximum absolute atomic E-state index is 10.1. The molecule has 0 fully saturated rings. The van der Waals surface area contributed by atoms with E-state index in [4.69, 9.17) is 9.47 Å². The van der Waals surface area contributed by atoms with Gasteiger partial charge >= 0.3 is 0 Å². The number of aromatic hydroxyl groups is 2. The van der Waals surface area contributed by atoms with Gasteiger partial charge in [0.2, 0.25) is 0 Å². The molecule has 0 aliphatic heterocycles. The summed E-state index contributed by atoms with van der Waals surface area (Å²) < 4.78 is 10.7. The zero-order valence-electron chi connectivity index (χ0n) is 17.3. The largest absolute Gasteiger partial charge is 0.504 e. The van der Waals surface area contributed by atoms with Gasteiger partial charge in [-0.05, 0) is 75.2 Å².